The third-order valence-corrected chi connectivity index (χ3v) is 7.09. The van der Waals surface area contributed by atoms with Crippen LogP contribution < -0.4 is 0 Å². The molecule has 0 spiro atoms. The third kappa shape index (κ3) is 4.69. The Morgan fingerprint density at radius 1 is 1.00 bits per heavy atom. The molecule has 0 aliphatic carbocycles. The zero-order chi connectivity index (χ0) is 21.0. The molecule has 0 atom stereocenters. The van der Waals surface area contributed by atoms with Gasteiger partial charge in [-0.1, -0.05) is 48.5 Å². The molecule has 1 fully saturated rings. The van der Waals surface area contributed by atoms with Gasteiger partial charge in [0.15, 0.2) is 0 Å². The molecule has 31 heavy (non-hydrogen) atoms. The van der Waals surface area contributed by atoms with Gasteiger partial charge in [-0.25, -0.2) is 4.98 Å². The summed E-state index contributed by atoms with van der Waals surface area (Å²) in [5.74, 6) is 0.612. The smallest absolute Gasteiger partial charge is 0.244 e. The van der Waals surface area contributed by atoms with Crippen LogP contribution in [0.15, 0.2) is 66.2 Å². The van der Waals surface area contributed by atoms with Crippen LogP contribution in [0.4, 0.5) is 0 Å². The number of benzene rings is 2. The van der Waals surface area contributed by atoms with Crippen molar-refractivity contribution in [3.8, 4) is 0 Å². The van der Waals surface area contributed by atoms with E-state index in [1.54, 1.807) is 16.0 Å². The second kappa shape index (κ2) is 9.02. The van der Waals surface area contributed by atoms with Gasteiger partial charge in [-0.3, -0.25) is 9.48 Å². The van der Waals surface area contributed by atoms with Crippen LogP contribution in [-0.2, 0) is 24.2 Å². The van der Waals surface area contributed by atoms with E-state index in [1.807, 2.05) is 35.4 Å². The van der Waals surface area contributed by atoms with Crippen molar-refractivity contribution in [1.29, 1.82) is 0 Å². The number of carbonyl (C=O) groups is 1. The minimum Gasteiger partial charge on any atom is -0.341 e. The van der Waals surface area contributed by atoms with Crippen molar-refractivity contribution in [2.24, 2.45) is 0 Å². The number of thiazole rings is 1. The van der Waals surface area contributed by atoms with Crippen LogP contribution in [0.25, 0.3) is 10.9 Å². The maximum atomic E-state index is 12.8. The molecule has 6 heteroatoms. The Bertz CT molecular complexity index is 1130. The predicted octanol–water partition coefficient (Wildman–Crippen LogP) is 4.68. The molecule has 0 N–H and O–H groups in total. The molecule has 1 aliphatic rings. The number of nitrogens with zero attached hydrogens (tertiary/aromatic N) is 4. The summed E-state index contributed by atoms with van der Waals surface area (Å²) in [5, 5.41) is 9.02. The van der Waals surface area contributed by atoms with Gasteiger partial charge in [-0.15, -0.1) is 11.3 Å². The lowest BCUT2D eigenvalue weighted by atomic mass is 9.97. The first-order chi connectivity index (χ1) is 15.2. The summed E-state index contributed by atoms with van der Waals surface area (Å²) in [5.41, 5.74) is 3.47. The summed E-state index contributed by atoms with van der Waals surface area (Å²) >= 11 is 1.78. The average Bonchev–Trinajstić information content (AvgIpc) is 3.45. The first-order valence-corrected chi connectivity index (χ1v) is 11.8. The van der Waals surface area contributed by atoms with Crippen LogP contribution in [0, 0.1) is 0 Å². The van der Waals surface area contributed by atoms with E-state index in [0.29, 0.717) is 12.5 Å². The van der Waals surface area contributed by atoms with Crippen molar-refractivity contribution in [1.82, 2.24) is 19.7 Å². The summed E-state index contributed by atoms with van der Waals surface area (Å²) in [6.45, 7) is 1.90. The number of hydrogen-bond acceptors (Lipinski definition) is 4. The lowest BCUT2D eigenvalue weighted by Gasteiger charge is -2.31. The van der Waals surface area contributed by atoms with Gasteiger partial charge in [-0.2, -0.15) is 5.10 Å². The maximum absolute atomic E-state index is 12.8. The summed E-state index contributed by atoms with van der Waals surface area (Å²) in [7, 11) is 0. The molecular formula is C25H26N4OS. The van der Waals surface area contributed by atoms with Crippen molar-refractivity contribution in [3.63, 3.8) is 0 Å². The van der Waals surface area contributed by atoms with Gasteiger partial charge in [0.05, 0.1) is 16.2 Å². The molecular weight excluding hydrogens is 404 g/mol. The summed E-state index contributed by atoms with van der Waals surface area (Å²) < 4.78 is 1.76. The molecule has 1 aliphatic heterocycles. The van der Waals surface area contributed by atoms with Crippen LogP contribution in [0.2, 0.25) is 0 Å². The topological polar surface area (TPSA) is 51.0 Å². The SMILES string of the molecule is O=C(Cn1cc2ccccc2n1)N1CCC(c2nc(CCc3ccccc3)cs2)CC1. The molecule has 5 nitrogen and oxygen atoms in total. The van der Waals surface area contributed by atoms with Crippen molar-refractivity contribution in [2.45, 2.75) is 38.1 Å². The molecule has 0 saturated carbocycles. The molecule has 0 unspecified atom stereocenters. The van der Waals surface area contributed by atoms with Crippen molar-refractivity contribution < 1.29 is 4.79 Å². The highest BCUT2D eigenvalue weighted by molar-refractivity contribution is 7.09. The fraction of sp³-hybridized carbons (Fsp3) is 0.320. The number of likely N-dealkylation sites (tertiary alicyclic amines) is 1. The van der Waals surface area contributed by atoms with Crippen molar-refractivity contribution in [2.75, 3.05) is 13.1 Å². The quantitative estimate of drug-likeness (QED) is 0.446. The third-order valence-electron chi connectivity index (χ3n) is 6.04. The second-order valence-corrected chi connectivity index (χ2v) is 9.09. The Morgan fingerprint density at radius 3 is 2.58 bits per heavy atom. The Morgan fingerprint density at radius 2 is 1.77 bits per heavy atom. The van der Waals surface area contributed by atoms with Crippen LogP contribution in [0.5, 0.6) is 0 Å². The minimum absolute atomic E-state index is 0.147. The van der Waals surface area contributed by atoms with Crippen LogP contribution in [0.1, 0.15) is 35.0 Å². The average molecular weight is 431 g/mol. The Labute approximate surface area is 186 Å². The zero-order valence-corrected chi connectivity index (χ0v) is 18.3. The fourth-order valence-corrected chi connectivity index (χ4v) is 5.28. The molecule has 1 saturated heterocycles. The van der Waals surface area contributed by atoms with Crippen LogP contribution in [0.3, 0.4) is 0 Å². The fourth-order valence-electron chi connectivity index (χ4n) is 4.25. The van der Waals surface area contributed by atoms with Crippen LogP contribution >= 0.6 is 11.3 Å². The number of carbonyl (C=O) groups excluding carboxylic acids is 1. The van der Waals surface area contributed by atoms with Gasteiger partial charge in [0.2, 0.25) is 5.91 Å². The normalized spacial score (nSPS) is 14.9. The highest BCUT2D eigenvalue weighted by Gasteiger charge is 2.26. The van der Waals surface area contributed by atoms with E-state index in [0.717, 1.165) is 49.7 Å². The first kappa shape index (κ1) is 19.9. The molecule has 0 radical (unpaired) electrons. The van der Waals surface area contributed by atoms with E-state index in [-0.39, 0.29) is 5.91 Å². The zero-order valence-electron chi connectivity index (χ0n) is 17.5. The number of rotatable bonds is 6. The van der Waals surface area contributed by atoms with Gasteiger partial charge in [0.1, 0.15) is 6.54 Å². The standard InChI is InChI=1S/C25H26N4OS/c30-24(17-29-16-21-8-4-5-9-23(21)27-29)28-14-12-20(13-15-28)25-26-22(18-31-25)11-10-19-6-2-1-3-7-19/h1-9,16,18,20H,10-15,17H2. The molecule has 1 amide bonds. The van der Waals surface area contributed by atoms with Crippen molar-refractivity contribution >= 4 is 28.1 Å². The van der Waals surface area contributed by atoms with Gasteiger partial charge in [0, 0.05) is 36.0 Å². The van der Waals surface area contributed by atoms with E-state index in [4.69, 9.17) is 4.98 Å². The number of hydrogen-bond donors (Lipinski definition) is 0. The van der Waals surface area contributed by atoms with E-state index in [9.17, 15) is 4.79 Å². The van der Waals surface area contributed by atoms with E-state index >= 15 is 0 Å². The molecule has 2 aromatic heterocycles. The number of amides is 1. The van der Waals surface area contributed by atoms with Crippen LogP contribution in [-0.4, -0.2) is 38.7 Å². The van der Waals surface area contributed by atoms with Gasteiger partial charge >= 0.3 is 0 Å². The summed E-state index contributed by atoms with van der Waals surface area (Å²) in [6, 6.07) is 18.5. The molecule has 158 valence electrons. The van der Waals surface area contributed by atoms with Gasteiger partial charge in [0.25, 0.3) is 0 Å². The first-order valence-electron chi connectivity index (χ1n) is 10.9. The Hall–Kier alpha value is -2.99. The molecule has 2 aromatic carbocycles. The highest BCUT2D eigenvalue weighted by atomic mass is 32.1. The number of aromatic nitrogens is 3. The Balaban J connectivity index is 1.13. The number of fused-ring (bicyclic) bond motifs is 1. The van der Waals surface area contributed by atoms with E-state index in [2.05, 4.69) is 40.8 Å². The molecule has 5 rings (SSSR count). The van der Waals surface area contributed by atoms with Gasteiger partial charge < -0.3 is 4.90 Å². The van der Waals surface area contributed by atoms with E-state index in [1.165, 1.54) is 16.3 Å². The minimum atomic E-state index is 0.147. The monoisotopic (exact) mass is 430 g/mol. The maximum Gasteiger partial charge on any atom is 0.244 e. The Kier molecular flexibility index (Phi) is 5.80. The lowest BCUT2D eigenvalue weighted by Crippen LogP contribution is -2.39. The summed E-state index contributed by atoms with van der Waals surface area (Å²) in [6.07, 6.45) is 5.93. The van der Waals surface area contributed by atoms with Crippen molar-refractivity contribution in [3.05, 3.63) is 82.4 Å². The van der Waals surface area contributed by atoms with E-state index < -0.39 is 0 Å². The number of aryl methyl sites for hydroxylation is 2. The molecule has 0 bridgehead atoms. The summed E-state index contributed by atoms with van der Waals surface area (Å²) in [4.78, 5) is 19.7. The largest absolute Gasteiger partial charge is 0.341 e. The molecule has 4 aromatic rings. The predicted molar refractivity (Wildman–Crippen MR) is 124 cm³/mol. The second-order valence-electron chi connectivity index (χ2n) is 8.20. The number of piperidine rings is 1. The molecule has 3 heterocycles. The lowest BCUT2D eigenvalue weighted by molar-refractivity contribution is -0.133. The van der Waals surface area contributed by atoms with Gasteiger partial charge in [-0.05, 0) is 37.3 Å². The highest BCUT2D eigenvalue weighted by Crippen LogP contribution is 2.30.